The molecule has 0 aromatic carbocycles. The molecule has 2 nitrogen and oxygen atoms in total. The largest absolute Gasteiger partial charge is 0.394 e. The van der Waals surface area contributed by atoms with Gasteiger partial charge in [-0.2, -0.15) is 0 Å². The molecule has 0 amide bonds. The molecule has 1 atom stereocenters. The molecule has 1 unspecified atom stereocenters. The minimum Gasteiger partial charge on any atom is -0.394 e. The first-order chi connectivity index (χ1) is 4.68. The maximum Gasteiger partial charge on any atom is 0.0895 e. The lowest BCUT2D eigenvalue weighted by atomic mass is 9.93. The van der Waals surface area contributed by atoms with Crippen LogP contribution in [-0.4, -0.2) is 23.9 Å². The number of rotatable bonds is 5. The van der Waals surface area contributed by atoms with Crippen molar-refractivity contribution in [1.29, 1.82) is 0 Å². The van der Waals surface area contributed by atoms with E-state index in [1.165, 1.54) is 0 Å². The van der Waals surface area contributed by atoms with E-state index in [0.29, 0.717) is 19.3 Å². The second kappa shape index (κ2) is 4.63. The van der Waals surface area contributed by atoms with E-state index in [4.69, 9.17) is 10.8 Å². The summed E-state index contributed by atoms with van der Waals surface area (Å²) in [6.07, 6.45) is 1.71. The zero-order chi connectivity index (χ0) is 8.04. The monoisotopic (exact) mass is 149 g/mol. The molecule has 0 aliphatic rings. The van der Waals surface area contributed by atoms with E-state index >= 15 is 0 Å². The van der Waals surface area contributed by atoms with Crippen molar-refractivity contribution in [3.05, 3.63) is 0 Å². The molecular formula is C7H16FNO. The summed E-state index contributed by atoms with van der Waals surface area (Å²) in [6.45, 7) is 1.50. The van der Waals surface area contributed by atoms with E-state index in [9.17, 15) is 4.39 Å². The molecule has 0 rings (SSSR count). The Kier molecular flexibility index (Phi) is 4.56. The van der Waals surface area contributed by atoms with E-state index in [1.54, 1.807) is 0 Å². The van der Waals surface area contributed by atoms with Gasteiger partial charge in [0, 0.05) is 5.54 Å². The molecule has 0 radical (unpaired) electrons. The van der Waals surface area contributed by atoms with Gasteiger partial charge in [0.05, 0.1) is 13.3 Å². The van der Waals surface area contributed by atoms with Gasteiger partial charge < -0.3 is 10.8 Å². The van der Waals surface area contributed by atoms with Crippen LogP contribution in [0.4, 0.5) is 4.39 Å². The van der Waals surface area contributed by atoms with E-state index in [1.807, 2.05) is 6.92 Å². The summed E-state index contributed by atoms with van der Waals surface area (Å²) in [4.78, 5) is 0. The first-order valence-corrected chi connectivity index (χ1v) is 3.64. The van der Waals surface area contributed by atoms with Crippen molar-refractivity contribution in [1.82, 2.24) is 0 Å². The Morgan fingerprint density at radius 2 is 2.20 bits per heavy atom. The van der Waals surface area contributed by atoms with Crippen molar-refractivity contribution in [2.45, 2.75) is 31.7 Å². The Labute approximate surface area is 61.2 Å². The number of aliphatic hydroxyl groups is 1. The molecule has 0 heterocycles. The minimum absolute atomic E-state index is 0.0521. The first kappa shape index (κ1) is 9.85. The molecule has 62 valence electrons. The SMILES string of the molecule is CCC(N)(CO)CCCF. The molecule has 3 N–H and O–H groups in total. The average Bonchev–Trinajstić information content (AvgIpc) is 2.00. The second-order valence-electron chi connectivity index (χ2n) is 2.67. The molecule has 0 aromatic rings. The average molecular weight is 149 g/mol. The highest BCUT2D eigenvalue weighted by atomic mass is 19.1. The summed E-state index contributed by atoms with van der Waals surface area (Å²) < 4.78 is 11.7. The highest BCUT2D eigenvalue weighted by molar-refractivity contribution is 4.80. The second-order valence-corrected chi connectivity index (χ2v) is 2.67. The number of alkyl halides is 1. The van der Waals surface area contributed by atoms with Gasteiger partial charge >= 0.3 is 0 Å². The number of hydrogen-bond acceptors (Lipinski definition) is 2. The lowest BCUT2D eigenvalue weighted by molar-refractivity contribution is 0.177. The van der Waals surface area contributed by atoms with Crippen LogP contribution < -0.4 is 5.73 Å². The quantitative estimate of drug-likeness (QED) is 0.608. The van der Waals surface area contributed by atoms with Gasteiger partial charge in [0.15, 0.2) is 0 Å². The smallest absolute Gasteiger partial charge is 0.0895 e. The van der Waals surface area contributed by atoms with Crippen molar-refractivity contribution >= 4 is 0 Å². The molecule has 0 aromatic heterocycles. The Hall–Kier alpha value is -0.150. The zero-order valence-corrected chi connectivity index (χ0v) is 6.44. The van der Waals surface area contributed by atoms with Gasteiger partial charge in [-0.15, -0.1) is 0 Å². The van der Waals surface area contributed by atoms with Crippen LogP contribution >= 0.6 is 0 Å². The van der Waals surface area contributed by atoms with E-state index in [0.717, 1.165) is 0 Å². The topological polar surface area (TPSA) is 46.2 Å². The summed E-state index contributed by atoms with van der Waals surface area (Å²) in [5.74, 6) is 0. The first-order valence-electron chi connectivity index (χ1n) is 3.64. The van der Waals surface area contributed by atoms with Crippen LogP contribution in [0.3, 0.4) is 0 Å². The van der Waals surface area contributed by atoms with Crippen LogP contribution in [0, 0.1) is 0 Å². The van der Waals surface area contributed by atoms with Gasteiger partial charge in [0.1, 0.15) is 0 Å². The third kappa shape index (κ3) is 3.13. The number of aliphatic hydroxyl groups excluding tert-OH is 1. The van der Waals surface area contributed by atoms with Gasteiger partial charge in [-0.25, -0.2) is 0 Å². The Morgan fingerprint density at radius 3 is 2.50 bits per heavy atom. The minimum atomic E-state index is -0.550. The third-order valence-corrected chi connectivity index (χ3v) is 1.83. The summed E-state index contributed by atoms with van der Waals surface area (Å²) >= 11 is 0. The molecule has 3 heteroatoms. The fourth-order valence-electron chi connectivity index (χ4n) is 0.787. The normalized spacial score (nSPS) is 16.8. The highest BCUT2D eigenvalue weighted by Gasteiger charge is 2.20. The standard InChI is InChI=1S/C7H16FNO/c1-2-7(9,6-10)4-3-5-8/h10H,2-6,9H2,1H3. The maximum absolute atomic E-state index is 11.7. The molecule has 10 heavy (non-hydrogen) atoms. The van der Waals surface area contributed by atoms with Gasteiger partial charge in [-0.1, -0.05) is 6.92 Å². The fourth-order valence-corrected chi connectivity index (χ4v) is 0.787. The van der Waals surface area contributed by atoms with Crippen molar-refractivity contribution < 1.29 is 9.50 Å². The predicted octanol–water partition coefficient (Wildman–Crippen LogP) is 0.836. The maximum atomic E-state index is 11.7. The lowest BCUT2D eigenvalue weighted by Gasteiger charge is -2.24. The van der Waals surface area contributed by atoms with Crippen LogP contribution in [0.1, 0.15) is 26.2 Å². The van der Waals surface area contributed by atoms with E-state index in [-0.39, 0.29) is 13.3 Å². The summed E-state index contributed by atoms with van der Waals surface area (Å²) in [6, 6.07) is 0. The number of nitrogens with two attached hydrogens (primary N) is 1. The van der Waals surface area contributed by atoms with Crippen LogP contribution in [0.5, 0.6) is 0 Å². The molecular weight excluding hydrogens is 133 g/mol. The van der Waals surface area contributed by atoms with Gasteiger partial charge in [-0.05, 0) is 19.3 Å². The fraction of sp³-hybridized carbons (Fsp3) is 1.00. The van der Waals surface area contributed by atoms with Crippen molar-refractivity contribution in [3.8, 4) is 0 Å². The molecule has 0 saturated carbocycles. The highest BCUT2D eigenvalue weighted by Crippen LogP contribution is 2.12. The van der Waals surface area contributed by atoms with Crippen LogP contribution in [0.25, 0.3) is 0 Å². The molecule has 0 aliphatic heterocycles. The Balaban J connectivity index is 3.58. The molecule has 0 spiro atoms. The summed E-state index contributed by atoms with van der Waals surface area (Å²) in [5.41, 5.74) is 5.12. The molecule has 0 aliphatic carbocycles. The van der Waals surface area contributed by atoms with Crippen molar-refractivity contribution in [3.63, 3.8) is 0 Å². The molecule has 0 saturated heterocycles. The number of halogens is 1. The molecule has 0 bridgehead atoms. The Morgan fingerprint density at radius 1 is 1.60 bits per heavy atom. The third-order valence-electron chi connectivity index (χ3n) is 1.83. The zero-order valence-electron chi connectivity index (χ0n) is 6.44. The summed E-state index contributed by atoms with van der Waals surface area (Å²) in [7, 11) is 0. The Bertz CT molecular complexity index is 83.7. The van der Waals surface area contributed by atoms with E-state index < -0.39 is 5.54 Å². The van der Waals surface area contributed by atoms with Crippen molar-refractivity contribution in [2.24, 2.45) is 5.73 Å². The summed E-state index contributed by atoms with van der Waals surface area (Å²) in [5, 5.41) is 8.76. The van der Waals surface area contributed by atoms with Gasteiger partial charge in [0.25, 0.3) is 0 Å². The van der Waals surface area contributed by atoms with Crippen LogP contribution in [0.15, 0.2) is 0 Å². The van der Waals surface area contributed by atoms with E-state index in [2.05, 4.69) is 0 Å². The van der Waals surface area contributed by atoms with Crippen LogP contribution in [0.2, 0.25) is 0 Å². The number of hydrogen-bond donors (Lipinski definition) is 2. The molecule has 0 fully saturated rings. The van der Waals surface area contributed by atoms with Crippen molar-refractivity contribution in [2.75, 3.05) is 13.3 Å². The van der Waals surface area contributed by atoms with Gasteiger partial charge in [0.2, 0.25) is 0 Å². The predicted molar refractivity (Wildman–Crippen MR) is 39.5 cm³/mol. The lowest BCUT2D eigenvalue weighted by Crippen LogP contribution is -2.42. The van der Waals surface area contributed by atoms with Gasteiger partial charge in [-0.3, -0.25) is 4.39 Å². The van der Waals surface area contributed by atoms with Crippen LogP contribution in [-0.2, 0) is 0 Å².